The van der Waals surface area contributed by atoms with Crippen LogP contribution < -0.4 is 0 Å². The summed E-state index contributed by atoms with van der Waals surface area (Å²) in [6.07, 6.45) is 3.83. The predicted octanol–water partition coefficient (Wildman–Crippen LogP) is 3.57. The molecule has 0 N–H and O–H groups in total. The van der Waals surface area contributed by atoms with Crippen LogP contribution >= 0.6 is 11.6 Å². The zero-order valence-electron chi connectivity index (χ0n) is 10.5. The minimum absolute atomic E-state index is 0.391. The van der Waals surface area contributed by atoms with Crippen molar-refractivity contribution in [3.63, 3.8) is 0 Å². The van der Waals surface area contributed by atoms with Crippen LogP contribution in [-0.4, -0.2) is 14.8 Å². The summed E-state index contributed by atoms with van der Waals surface area (Å²) < 4.78 is 1.84. The molecule has 0 spiro atoms. The minimum Gasteiger partial charge on any atom is -0.275 e. The highest BCUT2D eigenvalue weighted by Gasteiger charge is 2.14. The first kappa shape index (κ1) is 12.1. The Morgan fingerprint density at radius 2 is 2.06 bits per heavy atom. The van der Waals surface area contributed by atoms with Crippen LogP contribution in [0.2, 0.25) is 5.15 Å². The van der Waals surface area contributed by atoms with Crippen LogP contribution in [0, 0.1) is 6.92 Å². The lowest BCUT2D eigenvalue weighted by Crippen LogP contribution is -1.94. The number of nitrogens with zero attached hydrogens (tertiary/aromatic N) is 3. The first-order valence-corrected chi connectivity index (χ1v) is 6.03. The standard InChI is InChI=1S/C13H16ClN3/c1-8(2)12-11(7-17(4)16-12)10-5-9(3)13(14)15-6-10/h5-8H,1-4H3. The zero-order chi connectivity index (χ0) is 12.6. The molecule has 0 radical (unpaired) electrons. The Kier molecular flexibility index (Phi) is 3.20. The van der Waals surface area contributed by atoms with Crippen molar-refractivity contribution in [3.05, 3.63) is 34.9 Å². The van der Waals surface area contributed by atoms with Gasteiger partial charge in [0.05, 0.1) is 5.69 Å². The number of aryl methyl sites for hydroxylation is 2. The molecule has 0 aliphatic rings. The Hall–Kier alpha value is -1.35. The number of halogens is 1. The van der Waals surface area contributed by atoms with Gasteiger partial charge in [-0.25, -0.2) is 4.98 Å². The monoisotopic (exact) mass is 249 g/mol. The number of rotatable bonds is 2. The van der Waals surface area contributed by atoms with E-state index in [0.717, 1.165) is 22.4 Å². The van der Waals surface area contributed by atoms with E-state index in [2.05, 4.69) is 30.0 Å². The van der Waals surface area contributed by atoms with E-state index in [1.165, 1.54) is 0 Å². The number of hydrogen-bond donors (Lipinski definition) is 0. The number of aromatic nitrogens is 3. The Labute approximate surface area is 106 Å². The van der Waals surface area contributed by atoms with Crippen molar-refractivity contribution in [1.29, 1.82) is 0 Å². The summed E-state index contributed by atoms with van der Waals surface area (Å²) in [6, 6.07) is 2.05. The zero-order valence-corrected chi connectivity index (χ0v) is 11.3. The summed E-state index contributed by atoms with van der Waals surface area (Å²) in [5.41, 5.74) is 4.29. The normalized spacial score (nSPS) is 11.2. The van der Waals surface area contributed by atoms with Gasteiger partial charge >= 0.3 is 0 Å². The Morgan fingerprint density at radius 3 is 2.65 bits per heavy atom. The first-order valence-electron chi connectivity index (χ1n) is 5.65. The van der Waals surface area contributed by atoms with Gasteiger partial charge in [0.25, 0.3) is 0 Å². The van der Waals surface area contributed by atoms with Gasteiger partial charge in [-0.2, -0.15) is 5.10 Å². The van der Waals surface area contributed by atoms with Crippen molar-refractivity contribution in [3.8, 4) is 11.1 Å². The Morgan fingerprint density at radius 1 is 1.35 bits per heavy atom. The molecule has 0 amide bonds. The molecule has 0 aromatic carbocycles. The van der Waals surface area contributed by atoms with Crippen LogP contribution in [0.3, 0.4) is 0 Å². The third kappa shape index (κ3) is 2.34. The van der Waals surface area contributed by atoms with Crippen molar-refractivity contribution in [2.45, 2.75) is 26.7 Å². The lowest BCUT2D eigenvalue weighted by atomic mass is 10.0. The molecule has 0 fully saturated rings. The maximum absolute atomic E-state index is 5.94. The van der Waals surface area contributed by atoms with E-state index < -0.39 is 0 Å². The van der Waals surface area contributed by atoms with Crippen molar-refractivity contribution in [2.75, 3.05) is 0 Å². The van der Waals surface area contributed by atoms with Crippen LogP contribution in [0.5, 0.6) is 0 Å². The molecule has 17 heavy (non-hydrogen) atoms. The lowest BCUT2D eigenvalue weighted by molar-refractivity contribution is 0.713. The van der Waals surface area contributed by atoms with Gasteiger partial charge in [-0.15, -0.1) is 0 Å². The van der Waals surface area contributed by atoms with E-state index >= 15 is 0 Å². The second-order valence-corrected chi connectivity index (χ2v) is 4.95. The average Bonchev–Trinajstić information content (AvgIpc) is 2.64. The number of pyridine rings is 1. The van der Waals surface area contributed by atoms with Crippen LogP contribution in [0.4, 0.5) is 0 Å². The highest BCUT2D eigenvalue weighted by atomic mass is 35.5. The Bertz CT molecular complexity index is 544. The SMILES string of the molecule is Cc1cc(-c2cn(C)nc2C(C)C)cnc1Cl. The molecule has 2 aromatic rings. The summed E-state index contributed by atoms with van der Waals surface area (Å²) in [4.78, 5) is 4.19. The first-order chi connectivity index (χ1) is 7.99. The van der Waals surface area contributed by atoms with Crippen LogP contribution in [0.15, 0.2) is 18.5 Å². The highest BCUT2D eigenvalue weighted by Crippen LogP contribution is 2.29. The smallest absolute Gasteiger partial charge is 0.131 e. The minimum atomic E-state index is 0.391. The van der Waals surface area contributed by atoms with Crippen LogP contribution in [0.1, 0.15) is 31.0 Å². The number of hydrogen-bond acceptors (Lipinski definition) is 2. The molecule has 2 rings (SSSR count). The molecule has 3 nitrogen and oxygen atoms in total. The molecule has 0 bridgehead atoms. The van der Waals surface area contributed by atoms with Gasteiger partial charge in [0, 0.05) is 30.6 Å². The molecule has 2 heterocycles. The fourth-order valence-electron chi connectivity index (χ4n) is 1.86. The summed E-state index contributed by atoms with van der Waals surface area (Å²) in [6.45, 7) is 6.24. The van der Waals surface area contributed by atoms with E-state index in [-0.39, 0.29) is 0 Å². The molecule has 2 aromatic heterocycles. The van der Waals surface area contributed by atoms with Gasteiger partial charge in [0.15, 0.2) is 0 Å². The maximum Gasteiger partial charge on any atom is 0.131 e. The average molecular weight is 250 g/mol. The van der Waals surface area contributed by atoms with Crippen LogP contribution in [-0.2, 0) is 7.05 Å². The maximum atomic E-state index is 5.94. The van der Waals surface area contributed by atoms with Gasteiger partial charge < -0.3 is 0 Å². The summed E-state index contributed by atoms with van der Waals surface area (Å²) in [5, 5.41) is 5.05. The molecule has 0 aliphatic heterocycles. The third-order valence-corrected chi connectivity index (χ3v) is 3.13. The van der Waals surface area contributed by atoms with E-state index in [9.17, 15) is 0 Å². The molecular formula is C13H16ClN3. The van der Waals surface area contributed by atoms with E-state index in [4.69, 9.17) is 11.6 Å². The highest BCUT2D eigenvalue weighted by molar-refractivity contribution is 6.30. The summed E-state index contributed by atoms with van der Waals surface area (Å²) in [5.74, 6) is 0.391. The van der Waals surface area contributed by atoms with Gasteiger partial charge in [-0.3, -0.25) is 4.68 Å². The molecule has 0 aliphatic carbocycles. The van der Waals surface area contributed by atoms with Crippen molar-refractivity contribution < 1.29 is 0 Å². The largest absolute Gasteiger partial charge is 0.275 e. The predicted molar refractivity (Wildman–Crippen MR) is 70.3 cm³/mol. The van der Waals surface area contributed by atoms with Gasteiger partial charge in [-0.1, -0.05) is 25.4 Å². The Balaban J connectivity index is 2.55. The molecule has 0 atom stereocenters. The third-order valence-electron chi connectivity index (χ3n) is 2.73. The molecule has 0 saturated heterocycles. The van der Waals surface area contributed by atoms with Gasteiger partial charge in [0.1, 0.15) is 5.15 Å². The topological polar surface area (TPSA) is 30.7 Å². The molecule has 0 saturated carbocycles. The molecule has 90 valence electrons. The van der Waals surface area contributed by atoms with Crippen molar-refractivity contribution in [1.82, 2.24) is 14.8 Å². The fraction of sp³-hybridized carbons (Fsp3) is 0.385. The molecule has 4 heteroatoms. The van der Waals surface area contributed by atoms with Gasteiger partial charge in [-0.05, 0) is 24.5 Å². The summed E-state index contributed by atoms with van der Waals surface area (Å²) in [7, 11) is 1.94. The lowest BCUT2D eigenvalue weighted by Gasteiger charge is -2.06. The molecule has 0 unspecified atom stereocenters. The van der Waals surface area contributed by atoms with Crippen molar-refractivity contribution in [2.24, 2.45) is 7.05 Å². The second-order valence-electron chi connectivity index (χ2n) is 4.59. The van der Waals surface area contributed by atoms with E-state index in [1.807, 2.05) is 24.9 Å². The van der Waals surface area contributed by atoms with Crippen LogP contribution in [0.25, 0.3) is 11.1 Å². The quantitative estimate of drug-likeness (QED) is 0.762. The van der Waals surface area contributed by atoms with E-state index in [0.29, 0.717) is 11.1 Å². The van der Waals surface area contributed by atoms with Gasteiger partial charge in [0.2, 0.25) is 0 Å². The second kappa shape index (κ2) is 4.49. The summed E-state index contributed by atoms with van der Waals surface area (Å²) >= 11 is 5.94. The van der Waals surface area contributed by atoms with Crippen molar-refractivity contribution >= 4 is 11.6 Å². The molecular weight excluding hydrogens is 234 g/mol. The van der Waals surface area contributed by atoms with E-state index in [1.54, 1.807) is 6.20 Å². The fourth-order valence-corrected chi connectivity index (χ4v) is 1.96.